The first-order chi connectivity index (χ1) is 15.0. The van der Waals surface area contributed by atoms with Crippen LogP contribution in [-0.2, 0) is 9.59 Å². The minimum Gasteiger partial charge on any atom is -0.507 e. The third-order valence-electron chi connectivity index (χ3n) is 5.32. The Morgan fingerprint density at radius 3 is 2.39 bits per heavy atom. The second-order valence-electron chi connectivity index (χ2n) is 7.46. The minimum absolute atomic E-state index is 0.0767. The van der Waals surface area contributed by atoms with Crippen LogP contribution in [0, 0.1) is 0 Å². The van der Waals surface area contributed by atoms with Gasteiger partial charge in [0.25, 0.3) is 11.7 Å². The van der Waals surface area contributed by atoms with Crippen molar-refractivity contribution in [2.45, 2.75) is 39.2 Å². The molecule has 1 heterocycles. The quantitative estimate of drug-likeness (QED) is 0.359. The number of aliphatic hydroxyl groups excluding tert-OH is 1. The van der Waals surface area contributed by atoms with Gasteiger partial charge in [0.15, 0.2) is 0 Å². The molecule has 0 saturated carbocycles. The first kappa shape index (κ1) is 22.4. The van der Waals surface area contributed by atoms with E-state index in [-0.39, 0.29) is 11.3 Å². The second kappa shape index (κ2) is 10.2. The Balaban J connectivity index is 2.11. The number of ether oxygens (including phenoxy) is 2. The van der Waals surface area contributed by atoms with E-state index in [4.69, 9.17) is 9.47 Å². The van der Waals surface area contributed by atoms with Gasteiger partial charge in [0, 0.05) is 6.54 Å². The van der Waals surface area contributed by atoms with Crippen molar-refractivity contribution >= 4 is 17.4 Å². The maximum atomic E-state index is 13.0. The Morgan fingerprint density at radius 1 is 1.03 bits per heavy atom. The molecule has 6 nitrogen and oxygen atoms in total. The largest absolute Gasteiger partial charge is 0.507 e. The lowest BCUT2D eigenvalue weighted by Crippen LogP contribution is -2.30. The number of para-hydroxylation sites is 1. The Bertz CT molecular complexity index is 964. The molecule has 0 radical (unpaired) electrons. The monoisotopic (exact) mass is 423 g/mol. The molecule has 1 fully saturated rings. The van der Waals surface area contributed by atoms with Crippen LogP contribution in [0.5, 0.6) is 11.5 Å². The number of carbonyl (C=O) groups excluding carboxylic acids is 2. The molecule has 2 aromatic carbocycles. The zero-order valence-corrected chi connectivity index (χ0v) is 18.3. The van der Waals surface area contributed by atoms with Gasteiger partial charge in [-0.3, -0.25) is 9.59 Å². The number of rotatable bonds is 9. The molecule has 3 rings (SSSR count). The zero-order valence-electron chi connectivity index (χ0n) is 18.3. The molecule has 0 bridgehead atoms. The number of likely N-dealkylation sites (tertiary alicyclic amines) is 1. The number of ketones is 1. The van der Waals surface area contributed by atoms with Crippen LogP contribution in [0.3, 0.4) is 0 Å². The lowest BCUT2D eigenvalue weighted by Gasteiger charge is -2.25. The van der Waals surface area contributed by atoms with Crippen LogP contribution in [0.2, 0.25) is 0 Å². The van der Waals surface area contributed by atoms with Crippen molar-refractivity contribution < 1.29 is 24.2 Å². The average Bonchev–Trinajstić information content (AvgIpc) is 3.06. The first-order valence-electron chi connectivity index (χ1n) is 10.7. The maximum absolute atomic E-state index is 13.0. The fraction of sp³-hybridized carbons (Fsp3) is 0.360. The van der Waals surface area contributed by atoms with Gasteiger partial charge in [0.2, 0.25) is 0 Å². The van der Waals surface area contributed by atoms with Gasteiger partial charge in [-0.05, 0) is 42.7 Å². The van der Waals surface area contributed by atoms with Gasteiger partial charge < -0.3 is 19.5 Å². The first-order valence-corrected chi connectivity index (χ1v) is 10.7. The van der Waals surface area contributed by atoms with Gasteiger partial charge in [-0.2, -0.15) is 0 Å². The third kappa shape index (κ3) is 4.58. The van der Waals surface area contributed by atoms with Crippen molar-refractivity contribution in [3.8, 4) is 11.5 Å². The third-order valence-corrected chi connectivity index (χ3v) is 5.32. The Hall–Kier alpha value is -3.28. The lowest BCUT2D eigenvalue weighted by molar-refractivity contribution is -0.139. The van der Waals surface area contributed by atoms with E-state index in [1.54, 1.807) is 29.2 Å². The molecular formula is C25H29NO5. The topological polar surface area (TPSA) is 76.1 Å². The molecule has 164 valence electrons. The van der Waals surface area contributed by atoms with Crippen molar-refractivity contribution in [3.63, 3.8) is 0 Å². The fourth-order valence-corrected chi connectivity index (χ4v) is 3.74. The fourth-order valence-electron chi connectivity index (χ4n) is 3.74. The molecule has 1 saturated heterocycles. The molecule has 2 aromatic rings. The molecule has 1 unspecified atom stereocenters. The molecule has 31 heavy (non-hydrogen) atoms. The highest BCUT2D eigenvalue weighted by Gasteiger charge is 2.46. The summed E-state index contributed by atoms with van der Waals surface area (Å²) in [5.41, 5.74) is 1.20. The van der Waals surface area contributed by atoms with Gasteiger partial charge in [0.1, 0.15) is 17.3 Å². The van der Waals surface area contributed by atoms with Crippen molar-refractivity contribution in [2.24, 2.45) is 0 Å². The number of Topliss-reactive ketones (excluding diaryl/α,β-unsaturated/α-hetero) is 1. The summed E-state index contributed by atoms with van der Waals surface area (Å²) in [6, 6.07) is 13.6. The summed E-state index contributed by atoms with van der Waals surface area (Å²) in [6.07, 6.45) is 2.54. The van der Waals surface area contributed by atoms with Crippen LogP contribution < -0.4 is 9.47 Å². The van der Waals surface area contributed by atoms with Gasteiger partial charge in [0.05, 0.1) is 30.9 Å². The summed E-state index contributed by atoms with van der Waals surface area (Å²) in [4.78, 5) is 27.4. The van der Waals surface area contributed by atoms with Gasteiger partial charge in [-0.15, -0.1) is 0 Å². The molecule has 0 spiro atoms. The summed E-state index contributed by atoms with van der Waals surface area (Å²) >= 11 is 0. The van der Waals surface area contributed by atoms with E-state index in [2.05, 4.69) is 0 Å². The van der Waals surface area contributed by atoms with Gasteiger partial charge in [-0.1, -0.05) is 44.5 Å². The number of nitrogens with zero attached hydrogens (tertiary/aromatic N) is 1. The highest BCUT2D eigenvalue weighted by Crippen LogP contribution is 2.41. The van der Waals surface area contributed by atoms with E-state index in [0.717, 1.165) is 30.6 Å². The van der Waals surface area contributed by atoms with Crippen LogP contribution >= 0.6 is 0 Å². The number of unbranched alkanes of at least 4 members (excludes halogenated alkanes) is 1. The number of benzene rings is 2. The van der Waals surface area contributed by atoms with Crippen LogP contribution in [-0.4, -0.2) is 42.0 Å². The average molecular weight is 424 g/mol. The molecule has 0 aromatic heterocycles. The van der Waals surface area contributed by atoms with E-state index >= 15 is 0 Å². The highest BCUT2D eigenvalue weighted by molar-refractivity contribution is 6.46. The van der Waals surface area contributed by atoms with Crippen molar-refractivity contribution in [1.82, 2.24) is 4.90 Å². The molecule has 1 aliphatic rings. The summed E-state index contributed by atoms with van der Waals surface area (Å²) in [5, 5.41) is 11.1. The maximum Gasteiger partial charge on any atom is 0.295 e. The van der Waals surface area contributed by atoms with E-state index < -0.39 is 17.7 Å². The van der Waals surface area contributed by atoms with Gasteiger partial charge in [-0.25, -0.2) is 0 Å². The van der Waals surface area contributed by atoms with Crippen LogP contribution in [0.25, 0.3) is 5.76 Å². The SMILES string of the molecule is CCCCN1C(=O)C(=O)/C(=C(\O)c2ccccc2OC)C1c1ccc(OCCC)cc1. The molecule has 0 aliphatic carbocycles. The van der Waals surface area contributed by atoms with Crippen LogP contribution in [0.15, 0.2) is 54.1 Å². The Kier molecular flexibility index (Phi) is 7.34. The van der Waals surface area contributed by atoms with Gasteiger partial charge >= 0.3 is 0 Å². The number of amides is 1. The number of aliphatic hydroxyl groups is 1. The predicted octanol–water partition coefficient (Wildman–Crippen LogP) is 4.71. The molecule has 1 amide bonds. The summed E-state index contributed by atoms with van der Waals surface area (Å²) in [5.74, 6) is -0.356. The van der Waals surface area contributed by atoms with Crippen molar-refractivity contribution in [2.75, 3.05) is 20.3 Å². The standard InChI is InChI=1S/C25H29NO5/c1-4-6-15-26-22(17-11-13-18(14-12-17)31-16-5-2)21(24(28)25(26)29)23(27)19-9-7-8-10-20(19)30-3/h7-14,22,27H,4-6,15-16H2,1-3H3/b23-21-. The normalized spacial score (nSPS) is 17.8. The van der Waals surface area contributed by atoms with Crippen LogP contribution in [0.1, 0.15) is 50.3 Å². The summed E-state index contributed by atoms with van der Waals surface area (Å²) in [7, 11) is 1.50. The van der Waals surface area contributed by atoms with Crippen LogP contribution in [0.4, 0.5) is 0 Å². The van der Waals surface area contributed by atoms with E-state index in [1.165, 1.54) is 7.11 Å². The molecule has 1 aliphatic heterocycles. The predicted molar refractivity (Wildman–Crippen MR) is 119 cm³/mol. The number of hydrogen-bond donors (Lipinski definition) is 1. The number of carbonyl (C=O) groups is 2. The summed E-state index contributed by atoms with van der Waals surface area (Å²) < 4.78 is 11.0. The van der Waals surface area contributed by atoms with E-state index in [9.17, 15) is 14.7 Å². The lowest BCUT2D eigenvalue weighted by atomic mass is 9.95. The molecule has 6 heteroatoms. The van der Waals surface area contributed by atoms with Crippen molar-refractivity contribution in [1.29, 1.82) is 0 Å². The van der Waals surface area contributed by atoms with E-state index in [0.29, 0.717) is 24.5 Å². The molecule has 1 N–H and O–H groups in total. The summed E-state index contributed by atoms with van der Waals surface area (Å²) in [6.45, 7) is 5.11. The van der Waals surface area contributed by atoms with E-state index in [1.807, 2.05) is 38.1 Å². The smallest absolute Gasteiger partial charge is 0.295 e. The Morgan fingerprint density at radius 2 is 1.74 bits per heavy atom. The minimum atomic E-state index is -0.684. The molecule has 1 atom stereocenters. The highest BCUT2D eigenvalue weighted by atomic mass is 16.5. The number of methoxy groups -OCH3 is 1. The molecular weight excluding hydrogens is 394 g/mol. The number of hydrogen-bond acceptors (Lipinski definition) is 5. The Labute approximate surface area is 183 Å². The second-order valence-corrected chi connectivity index (χ2v) is 7.46. The zero-order chi connectivity index (χ0) is 22.4. The van der Waals surface area contributed by atoms with Crippen molar-refractivity contribution in [3.05, 3.63) is 65.2 Å².